The van der Waals surface area contributed by atoms with E-state index in [1.165, 1.54) is 19.3 Å². The Morgan fingerprint density at radius 3 is 2.24 bits per heavy atom. The van der Waals surface area contributed by atoms with Gasteiger partial charge in [-0.25, -0.2) is 8.42 Å². The fourth-order valence-electron chi connectivity index (χ4n) is 3.46. The highest BCUT2D eigenvalue weighted by molar-refractivity contribution is 7.90. The quantitative estimate of drug-likeness (QED) is 0.909. The normalized spacial score (nSPS) is 18.6. The zero-order chi connectivity index (χ0) is 15.5. The van der Waals surface area contributed by atoms with Gasteiger partial charge in [0.25, 0.3) is 0 Å². The van der Waals surface area contributed by atoms with E-state index < -0.39 is 9.84 Å². The predicted molar refractivity (Wildman–Crippen MR) is 88.0 cm³/mol. The molecule has 0 aromatic heterocycles. The average molecular weight is 309 g/mol. The Kier molecular flexibility index (Phi) is 5.44. The number of nitrogens with two attached hydrogens (primary N) is 1. The van der Waals surface area contributed by atoms with Crippen LogP contribution in [0.3, 0.4) is 0 Å². The van der Waals surface area contributed by atoms with Crippen LogP contribution in [0, 0.1) is 19.8 Å². The Hall–Kier alpha value is -0.870. The number of hydrogen-bond acceptors (Lipinski definition) is 3. The van der Waals surface area contributed by atoms with Crippen molar-refractivity contribution in [3.05, 3.63) is 34.9 Å². The second-order valence-corrected chi connectivity index (χ2v) is 8.72. The molecule has 0 bridgehead atoms. The van der Waals surface area contributed by atoms with E-state index in [1.54, 1.807) is 0 Å². The Bertz CT molecular complexity index is 554. The lowest BCUT2D eigenvalue weighted by Gasteiger charge is -2.27. The molecule has 1 aromatic carbocycles. The molecule has 0 heterocycles. The van der Waals surface area contributed by atoms with Crippen LogP contribution in [0.15, 0.2) is 18.2 Å². The molecule has 1 saturated carbocycles. The van der Waals surface area contributed by atoms with Crippen molar-refractivity contribution in [2.75, 3.05) is 5.75 Å². The molecule has 118 valence electrons. The lowest BCUT2D eigenvalue weighted by molar-refractivity contribution is 0.317. The topological polar surface area (TPSA) is 60.2 Å². The van der Waals surface area contributed by atoms with Crippen molar-refractivity contribution in [2.45, 2.75) is 57.7 Å². The molecule has 1 aliphatic rings. The maximum Gasteiger partial charge on any atom is 0.155 e. The van der Waals surface area contributed by atoms with E-state index in [1.807, 2.05) is 26.0 Å². The maximum absolute atomic E-state index is 12.4. The summed E-state index contributed by atoms with van der Waals surface area (Å²) in [6.45, 7) is 3.99. The molecule has 2 N–H and O–H groups in total. The summed E-state index contributed by atoms with van der Waals surface area (Å²) in [7, 11) is -3.14. The summed E-state index contributed by atoms with van der Waals surface area (Å²) in [5.74, 6) is 0.605. The highest BCUT2D eigenvalue weighted by Gasteiger charge is 2.25. The highest BCUT2D eigenvalue weighted by Crippen LogP contribution is 2.26. The van der Waals surface area contributed by atoms with Gasteiger partial charge in [0.05, 0.1) is 11.5 Å². The Morgan fingerprint density at radius 1 is 1.10 bits per heavy atom. The standard InChI is InChI=1S/C17H27NO2S/c1-13-8-14(2)10-15(9-13)11-21(19,20)12-17(18)16-6-4-3-5-7-16/h8-10,16-17H,3-7,11-12,18H2,1-2H3. The van der Waals surface area contributed by atoms with Crippen LogP contribution in [0.1, 0.15) is 48.8 Å². The van der Waals surface area contributed by atoms with Crippen LogP contribution in [0.4, 0.5) is 0 Å². The summed E-state index contributed by atoms with van der Waals surface area (Å²) in [4.78, 5) is 0. The van der Waals surface area contributed by atoms with Crippen molar-refractivity contribution in [3.63, 3.8) is 0 Å². The lowest BCUT2D eigenvalue weighted by Crippen LogP contribution is -2.38. The maximum atomic E-state index is 12.4. The number of benzene rings is 1. The van der Waals surface area contributed by atoms with Gasteiger partial charge in [0.15, 0.2) is 9.84 Å². The smallest absolute Gasteiger partial charge is 0.155 e. The summed E-state index contributed by atoms with van der Waals surface area (Å²) >= 11 is 0. The Morgan fingerprint density at radius 2 is 1.67 bits per heavy atom. The minimum absolute atomic E-state index is 0.107. The second kappa shape index (κ2) is 6.93. The third kappa shape index (κ3) is 5.11. The Balaban J connectivity index is 2.00. The summed E-state index contributed by atoms with van der Waals surface area (Å²) in [6, 6.07) is 5.76. The van der Waals surface area contributed by atoms with Crippen molar-refractivity contribution in [1.29, 1.82) is 0 Å². The predicted octanol–water partition coefficient (Wildman–Crippen LogP) is 3.13. The molecule has 1 aliphatic carbocycles. The molecule has 0 spiro atoms. The zero-order valence-electron chi connectivity index (χ0n) is 13.1. The first-order valence-electron chi connectivity index (χ1n) is 7.89. The molecule has 21 heavy (non-hydrogen) atoms. The van der Waals surface area contributed by atoms with Gasteiger partial charge in [-0.15, -0.1) is 0 Å². The molecular weight excluding hydrogens is 282 g/mol. The fraction of sp³-hybridized carbons (Fsp3) is 0.647. The molecule has 1 aromatic rings. The summed E-state index contributed by atoms with van der Waals surface area (Å²) < 4.78 is 24.8. The van der Waals surface area contributed by atoms with E-state index in [-0.39, 0.29) is 17.5 Å². The monoisotopic (exact) mass is 309 g/mol. The van der Waals surface area contributed by atoms with E-state index in [0.29, 0.717) is 5.92 Å². The minimum atomic E-state index is -3.14. The van der Waals surface area contributed by atoms with Gasteiger partial charge in [-0.3, -0.25) is 0 Å². The molecule has 1 fully saturated rings. The van der Waals surface area contributed by atoms with Gasteiger partial charge >= 0.3 is 0 Å². The highest BCUT2D eigenvalue weighted by atomic mass is 32.2. The SMILES string of the molecule is Cc1cc(C)cc(CS(=O)(=O)CC(N)C2CCCCC2)c1. The molecule has 4 heteroatoms. The molecule has 1 atom stereocenters. The fourth-order valence-corrected chi connectivity index (χ4v) is 5.11. The van der Waals surface area contributed by atoms with Crippen LogP contribution < -0.4 is 5.73 Å². The van der Waals surface area contributed by atoms with E-state index >= 15 is 0 Å². The lowest BCUT2D eigenvalue weighted by atomic mass is 9.85. The molecule has 3 nitrogen and oxygen atoms in total. The molecule has 0 radical (unpaired) electrons. The van der Waals surface area contributed by atoms with E-state index in [4.69, 9.17) is 5.73 Å². The molecule has 1 unspecified atom stereocenters. The summed E-state index contributed by atoms with van der Waals surface area (Å²) in [5.41, 5.74) is 9.26. The first kappa shape index (κ1) is 16.5. The third-order valence-electron chi connectivity index (χ3n) is 4.37. The van der Waals surface area contributed by atoms with Gasteiger partial charge in [0, 0.05) is 6.04 Å². The Labute approximate surface area is 128 Å². The minimum Gasteiger partial charge on any atom is -0.327 e. The molecule has 0 amide bonds. The number of rotatable bonds is 5. The first-order valence-corrected chi connectivity index (χ1v) is 9.71. The van der Waals surface area contributed by atoms with Crippen LogP contribution in [0.5, 0.6) is 0 Å². The van der Waals surface area contributed by atoms with Crippen LogP contribution in [-0.4, -0.2) is 20.2 Å². The summed E-state index contributed by atoms with van der Waals surface area (Å²) in [5, 5.41) is 0. The van der Waals surface area contributed by atoms with Crippen LogP contribution in [0.2, 0.25) is 0 Å². The largest absolute Gasteiger partial charge is 0.327 e. The van der Waals surface area contributed by atoms with Crippen LogP contribution in [0.25, 0.3) is 0 Å². The van der Waals surface area contributed by atoms with Crippen molar-refractivity contribution < 1.29 is 8.42 Å². The van der Waals surface area contributed by atoms with Crippen molar-refractivity contribution in [1.82, 2.24) is 0 Å². The molecule has 0 aliphatic heterocycles. The van der Waals surface area contributed by atoms with Crippen molar-refractivity contribution >= 4 is 9.84 Å². The molecular formula is C17H27NO2S. The second-order valence-electron chi connectivity index (χ2n) is 6.61. The van der Waals surface area contributed by atoms with Crippen molar-refractivity contribution in [2.24, 2.45) is 11.7 Å². The number of aryl methyl sites for hydroxylation is 2. The van der Waals surface area contributed by atoms with Crippen molar-refractivity contribution in [3.8, 4) is 0 Å². The van der Waals surface area contributed by atoms with Gasteiger partial charge in [-0.2, -0.15) is 0 Å². The van der Waals surface area contributed by atoms with Gasteiger partial charge in [-0.05, 0) is 38.2 Å². The van der Waals surface area contributed by atoms with E-state index in [2.05, 4.69) is 6.07 Å². The van der Waals surface area contributed by atoms with Crippen LogP contribution >= 0.6 is 0 Å². The summed E-state index contributed by atoms with van der Waals surface area (Å²) in [6.07, 6.45) is 5.81. The van der Waals surface area contributed by atoms with Gasteiger partial charge in [0.1, 0.15) is 0 Å². The number of hydrogen-bond donors (Lipinski definition) is 1. The van der Waals surface area contributed by atoms with E-state index in [0.717, 1.165) is 29.5 Å². The third-order valence-corrected chi connectivity index (χ3v) is 6.04. The average Bonchev–Trinajstić information content (AvgIpc) is 2.37. The van der Waals surface area contributed by atoms with Gasteiger partial charge in [0.2, 0.25) is 0 Å². The van der Waals surface area contributed by atoms with E-state index in [9.17, 15) is 8.42 Å². The molecule has 2 rings (SSSR count). The zero-order valence-corrected chi connectivity index (χ0v) is 14.0. The van der Waals surface area contributed by atoms with Gasteiger partial charge < -0.3 is 5.73 Å². The first-order chi connectivity index (χ1) is 9.85. The van der Waals surface area contributed by atoms with Crippen LogP contribution in [-0.2, 0) is 15.6 Å². The van der Waals surface area contributed by atoms with Gasteiger partial charge in [-0.1, -0.05) is 48.6 Å². The number of sulfone groups is 1. The molecule has 0 saturated heterocycles.